The minimum atomic E-state index is -0.317. The lowest BCUT2D eigenvalue weighted by atomic mass is 9.79. The number of piperidine rings is 1. The third kappa shape index (κ3) is 6.55. The van der Waals surface area contributed by atoms with Gasteiger partial charge >= 0.3 is 0 Å². The second kappa shape index (κ2) is 10.1. The molecule has 4 nitrogen and oxygen atoms in total. The zero-order valence-corrected chi connectivity index (χ0v) is 15.7. The van der Waals surface area contributed by atoms with Gasteiger partial charge in [-0.15, -0.1) is 0 Å². The number of carbonyl (C=O) groups excluding carboxylic acids is 1. The van der Waals surface area contributed by atoms with E-state index in [1.54, 1.807) is 0 Å². The van der Waals surface area contributed by atoms with E-state index in [9.17, 15) is 9.18 Å². The average molecular weight is 370 g/mol. The van der Waals surface area contributed by atoms with Crippen molar-refractivity contribution in [2.75, 3.05) is 13.1 Å². The predicted molar refractivity (Wildman–Crippen MR) is 101 cm³/mol. The number of hydrogen-bond donors (Lipinski definition) is 2. The molecule has 0 spiro atoms. The summed E-state index contributed by atoms with van der Waals surface area (Å²) in [4.78, 5) is 15.4. The van der Waals surface area contributed by atoms with Gasteiger partial charge in [0.1, 0.15) is 0 Å². The van der Waals surface area contributed by atoms with Crippen molar-refractivity contribution < 1.29 is 9.18 Å². The first-order chi connectivity index (χ1) is 12.0. The van der Waals surface area contributed by atoms with Crippen LogP contribution in [0.3, 0.4) is 0 Å². The van der Waals surface area contributed by atoms with Gasteiger partial charge < -0.3 is 10.6 Å². The van der Waals surface area contributed by atoms with Crippen molar-refractivity contribution in [2.45, 2.75) is 57.9 Å². The van der Waals surface area contributed by atoms with Gasteiger partial charge in [-0.3, -0.25) is 9.79 Å². The summed E-state index contributed by atoms with van der Waals surface area (Å²) in [5, 5.41) is 6.74. The molecule has 1 amide bonds. The molecule has 2 fully saturated rings. The second-order valence-corrected chi connectivity index (χ2v) is 7.53. The number of rotatable bonds is 7. The molecule has 1 atom stereocenters. The van der Waals surface area contributed by atoms with Gasteiger partial charge in [0.2, 0.25) is 5.91 Å². The van der Waals surface area contributed by atoms with Crippen LogP contribution >= 0.6 is 11.6 Å². The van der Waals surface area contributed by atoms with Crippen molar-refractivity contribution in [1.29, 1.82) is 0 Å². The van der Waals surface area contributed by atoms with Crippen LogP contribution in [0.15, 0.2) is 27.6 Å². The van der Waals surface area contributed by atoms with Crippen molar-refractivity contribution in [3.8, 4) is 0 Å². The average Bonchev–Trinajstić information content (AvgIpc) is 2.56. The maximum absolute atomic E-state index is 13.0. The Morgan fingerprint density at radius 1 is 1.40 bits per heavy atom. The Hall–Kier alpha value is -1.20. The fourth-order valence-corrected chi connectivity index (χ4v) is 4.19. The molecule has 1 heterocycles. The molecule has 0 aromatic carbocycles. The van der Waals surface area contributed by atoms with E-state index in [4.69, 9.17) is 11.6 Å². The Bertz CT molecular complexity index is 535. The van der Waals surface area contributed by atoms with Gasteiger partial charge in [-0.05, 0) is 70.7 Å². The minimum Gasteiger partial charge on any atom is -0.356 e. The van der Waals surface area contributed by atoms with Crippen LogP contribution in [-0.4, -0.2) is 31.8 Å². The Labute approximate surface area is 155 Å². The van der Waals surface area contributed by atoms with E-state index in [-0.39, 0.29) is 17.7 Å². The van der Waals surface area contributed by atoms with Gasteiger partial charge in [0.25, 0.3) is 0 Å². The Morgan fingerprint density at radius 2 is 2.12 bits per heavy atom. The zero-order chi connectivity index (χ0) is 18.2. The molecule has 0 unspecified atom stereocenters. The molecular formula is C19H29ClFN3O. The van der Waals surface area contributed by atoms with Gasteiger partial charge in [0.05, 0.1) is 16.6 Å². The maximum Gasteiger partial charge on any atom is 0.221 e. The van der Waals surface area contributed by atoms with Gasteiger partial charge in [0.15, 0.2) is 0 Å². The van der Waals surface area contributed by atoms with Crippen LogP contribution in [0, 0.1) is 11.8 Å². The summed E-state index contributed by atoms with van der Waals surface area (Å²) in [7, 11) is 0. The quantitative estimate of drug-likeness (QED) is 0.525. The summed E-state index contributed by atoms with van der Waals surface area (Å²) in [5.74, 6) is 0.786. The van der Waals surface area contributed by atoms with E-state index < -0.39 is 0 Å². The SMILES string of the molecule is C=N/C(=C(Cl)\C=C(/C)F)[C@H]1CC[C@H](CCN[C@H]2CCNC(=O)C2)CC1. The third-order valence-electron chi connectivity index (χ3n) is 5.21. The Kier molecular flexibility index (Phi) is 8.10. The minimum absolute atomic E-state index is 0.148. The number of amides is 1. The van der Waals surface area contributed by atoms with Crippen LogP contribution in [0.2, 0.25) is 0 Å². The number of allylic oxidation sites excluding steroid dienone is 4. The molecule has 1 saturated carbocycles. The van der Waals surface area contributed by atoms with Crippen molar-refractivity contribution in [2.24, 2.45) is 16.8 Å². The van der Waals surface area contributed by atoms with E-state index in [1.807, 2.05) is 0 Å². The number of nitrogens with zero attached hydrogens (tertiary/aromatic N) is 1. The van der Waals surface area contributed by atoms with Crippen molar-refractivity contribution in [3.63, 3.8) is 0 Å². The first kappa shape index (κ1) is 20.1. The van der Waals surface area contributed by atoms with Gasteiger partial charge in [0, 0.05) is 24.9 Å². The molecule has 140 valence electrons. The van der Waals surface area contributed by atoms with E-state index in [0.717, 1.165) is 57.3 Å². The number of carbonyl (C=O) groups is 1. The molecule has 25 heavy (non-hydrogen) atoms. The van der Waals surface area contributed by atoms with Crippen LogP contribution in [0.4, 0.5) is 4.39 Å². The number of halogens is 2. The molecule has 2 rings (SSSR count). The molecule has 1 aliphatic heterocycles. The lowest BCUT2D eigenvalue weighted by Gasteiger charge is -2.30. The van der Waals surface area contributed by atoms with Crippen LogP contribution in [0.1, 0.15) is 51.9 Å². The fraction of sp³-hybridized carbons (Fsp3) is 0.684. The molecule has 0 bridgehead atoms. The van der Waals surface area contributed by atoms with E-state index in [0.29, 0.717) is 23.4 Å². The second-order valence-electron chi connectivity index (χ2n) is 7.12. The Balaban J connectivity index is 1.74. The molecule has 2 aliphatic rings. The first-order valence-corrected chi connectivity index (χ1v) is 9.57. The highest BCUT2D eigenvalue weighted by Gasteiger charge is 2.25. The predicted octanol–water partition coefficient (Wildman–Crippen LogP) is 4.08. The van der Waals surface area contributed by atoms with E-state index >= 15 is 0 Å². The van der Waals surface area contributed by atoms with Crippen LogP contribution in [-0.2, 0) is 4.79 Å². The number of aliphatic imine (C=N–C) groups is 1. The van der Waals surface area contributed by atoms with Gasteiger partial charge in [-0.1, -0.05) is 11.6 Å². The third-order valence-corrected chi connectivity index (χ3v) is 5.51. The molecular weight excluding hydrogens is 341 g/mol. The number of nitrogens with one attached hydrogen (secondary N) is 2. The first-order valence-electron chi connectivity index (χ1n) is 9.20. The van der Waals surface area contributed by atoms with E-state index in [1.165, 1.54) is 13.0 Å². The summed E-state index contributed by atoms with van der Waals surface area (Å²) in [6, 6.07) is 0.319. The highest BCUT2D eigenvalue weighted by Crippen LogP contribution is 2.37. The standard InChI is InChI=1S/C19H29ClFN3O/c1-13(21)11-17(20)19(22-2)15-5-3-14(4-6-15)7-9-23-16-8-10-24-18(25)12-16/h11,14-16,23H,2-10,12H2,1H3,(H,24,25)/b13-11+,19-17+/t14-,15-,16-/m0/s1. The smallest absolute Gasteiger partial charge is 0.221 e. The summed E-state index contributed by atoms with van der Waals surface area (Å²) in [6.45, 7) is 6.72. The largest absolute Gasteiger partial charge is 0.356 e. The molecule has 1 saturated heterocycles. The van der Waals surface area contributed by atoms with Crippen molar-refractivity contribution in [3.05, 3.63) is 22.6 Å². The summed E-state index contributed by atoms with van der Waals surface area (Å²) in [5.41, 5.74) is 0.725. The van der Waals surface area contributed by atoms with Crippen molar-refractivity contribution in [1.82, 2.24) is 10.6 Å². The molecule has 1 aliphatic carbocycles. The molecule has 0 aromatic rings. The lowest BCUT2D eigenvalue weighted by Crippen LogP contribution is -2.43. The number of hydrogen-bond acceptors (Lipinski definition) is 3. The summed E-state index contributed by atoms with van der Waals surface area (Å²) >= 11 is 6.18. The van der Waals surface area contributed by atoms with E-state index in [2.05, 4.69) is 22.3 Å². The summed E-state index contributed by atoms with van der Waals surface area (Å²) in [6.07, 6.45) is 8.33. The normalized spacial score (nSPS) is 29.0. The molecule has 2 N–H and O–H groups in total. The maximum atomic E-state index is 13.0. The van der Waals surface area contributed by atoms with Crippen LogP contribution in [0.5, 0.6) is 0 Å². The van der Waals surface area contributed by atoms with Crippen LogP contribution in [0.25, 0.3) is 0 Å². The van der Waals surface area contributed by atoms with Gasteiger partial charge in [-0.25, -0.2) is 4.39 Å². The zero-order valence-electron chi connectivity index (χ0n) is 15.0. The topological polar surface area (TPSA) is 53.5 Å². The van der Waals surface area contributed by atoms with Gasteiger partial charge in [-0.2, -0.15) is 0 Å². The molecule has 6 heteroatoms. The molecule has 0 aromatic heterocycles. The Morgan fingerprint density at radius 3 is 2.72 bits per heavy atom. The monoisotopic (exact) mass is 369 g/mol. The lowest BCUT2D eigenvalue weighted by molar-refractivity contribution is -0.122. The highest BCUT2D eigenvalue weighted by atomic mass is 35.5. The summed E-state index contributed by atoms with van der Waals surface area (Å²) < 4.78 is 13.0. The fourth-order valence-electron chi connectivity index (χ4n) is 3.82. The highest BCUT2D eigenvalue weighted by molar-refractivity contribution is 6.31. The van der Waals surface area contributed by atoms with Crippen molar-refractivity contribution >= 4 is 24.2 Å². The van der Waals surface area contributed by atoms with Crippen LogP contribution < -0.4 is 10.6 Å². The molecule has 0 radical (unpaired) electrons.